The van der Waals surface area contributed by atoms with Crippen LogP contribution in [0.15, 0.2) is 54.5 Å². The van der Waals surface area contributed by atoms with Gasteiger partial charge in [-0.15, -0.1) is 0 Å². The van der Waals surface area contributed by atoms with E-state index in [9.17, 15) is 9.59 Å². The van der Waals surface area contributed by atoms with E-state index in [0.29, 0.717) is 73.8 Å². The second kappa shape index (κ2) is 23.0. The number of hydrogen-bond donors (Lipinski definition) is 4. The molecule has 0 saturated carbocycles. The quantitative estimate of drug-likeness (QED) is 0.0832. The third kappa shape index (κ3) is 14.0. The molecular weight excluding hydrogens is 756 g/mol. The molecule has 0 saturated heterocycles. The predicted octanol–water partition coefficient (Wildman–Crippen LogP) is 6.72. The van der Waals surface area contributed by atoms with Crippen LogP contribution in [0.25, 0.3) is 22.8 Å². The summed E-state index contributed by atoms with van der Waals surface area (Å²) in [6.45, 7) is 16.2. The average Bonchev–Trinajstić information content (AvgIpc) is 4.00. The van der Waals surface area contributed by atoms with Gasteiger partial charge in [-0.25, -0.2) is 9.59 Å². The Kier molecular flexibility index (Phi) is 18.2. The van der Waals surface area contributed by atoms with Crippen LogP contribution in [0.5, 0.6) is 11.5 Å². The van der Waals surface area contributed by atoms with Crippen molar-refractivity contribution in [2.75, 3.05) is 26.4 Å². The van der Waals surface area contributed by atoms with E-state index in [-0.39, 0.29) is 24.6 Å². The summed E-state index contributed by atoms with van der Waals surface area (Å²) in [5.41, 5.74) is 5.52. The van der Waals surface area contributed by atoms with Crippen LogP contribution in [0.4, 0.5) is 0 Å². The van der Waals surface area contributed by atoms with E-state index in [1.807, 2.05) is 52.0 Å². The second-order valence-electron chi connectivity index (χ2n) is 12.7. The lowest BCUT2D eigenvalue weighted by molar-refractivity contribution is 0.0674. The first-order valence-electron chi connectivity index (χ1n) is 18.4. The van der Waals surface area contributed by atoms with Crippen LogP contribution in [-0.2, 0) is 12.8 Å². The van der Waals surface area contributed by atoms with Crippen molar-refractivity contribution in [1.29, 1.82) is 0 Å². The van der Waals surface area contributed by atoms with Crippen molar-refractivity contribution in [2.45, 2.75) is 81.1 Å². The number of aromatic carboxylic acids is 2. The minimum atomic E-state index is -1.10. The Morgan fingerprint density at radius 1 is 0.552 bits per heavy atom. The van der Waals surface area contributed by atoms with E-state index in [4.69, 9.17) is 48.0 Å². The number of carbonyl (C=O) groups is 2. The third-order valence-electron chi connectivity index (χ3n) is 7.68. The van der Waals surface area contributed by atoms with Crippen molar-refractivity contribution >= 4 is 11.9 Å². The Bertz CT molecular complexity index is 2000. The molecule has 0 amide bonds. The van der Waals surface area contributed by atoms with Crippen LogP contribution in [0.2, 0.25) is 0 Å². The number of nitrogens with zero attached hydrogens (tertiary/aromatic N) is 6. The Labute approximate surface area is 334 Å². The largest absolute Gasteiger partial charge is 0.493 e. The molecule has 18 nitrogen and oxygen atoms in total. The molecule has 0 unspecified atom stereocenters. The number of rotatable bonds is 14. The standard InChI is InChI=1S/2C18H19N3O5.2C2H6O/c2*1-10-7-13(17-19-12(3)25-21-17)8-11(2)16(10)24-6-4-5-14-9-15(18(22)23)20-26-14;2*1-2-3/h2*7-9H,4-6H2,1-3H3,(H,22,23);2*3H,2H2,1H3. The lowest BCUT2D eigenvalue weighted by Gasteiger charge is -2.13. The van der Waals surface area contributed by atoms with E-state index in [1.165, 1.54) is 12.1 Å². The van der Waals surface area contributed by atoms with Gasteiger partial charge in [0, 0.05) is 63.2 Å². The van der Waals surface area contributed by atoms with Crippen molar-refractivity contribution in [3.05, 3.63) is 93.3 Å². The zero-order valence-electron chi connectivity index (χ0n) is 33.9. The molecule has 4 N–H and O–H groups in total. The fourth-order valence-electron chi connectivity index (χ4n) is 5.35. The van der Waals surface area contributed by atoms with E-state index in [0.717, 1.165) is 44.9 Å². The van der Waals surface area contributed by atoms with Gasteiger partial charge in [-0.2, -0.15) is 9.97 Å². The van der Waals surface area contributed by atoms with Gasteiger partial charge in [-0.1, -0.05) is 20.6 Å². The number of carboxylic acid groups (broad SMARTS) is 2. The monoisotopic (exact) mass is 806 g/mol. The number of benzene rings is 2. The summed E-state index contributed by atoms with van der Waals surface area (Å²) < 4.78 is 31.8. The Morgan fingerprint density at radius 2 is 0.879 bits per heavy atom. The molecule has 18 heteroatoms. The molecule has 0 bridgehead atoms. The van der Waals surface area contributed by atoms with Gasteiger partial charge >= 0.3 is 11.9 Å². The molecule has 0 aliphatic carbocycles. The number of aliphatic hydroxyl groups is 2. The highest BCUT2D eigenvalue weighted by atomic mass is 16.5. The smallest absolute Gasteiger partial charge is 0.358 e. The maximum atomic E-state index is 10.8. The fourth-order valence-corrected chi connectivity index (χ4v) is 5.35. The van der Waals surface area contributed by atoms with E-state index in [2.05, 4.69) is 30.6 Å². The first kappa shape index (κ1) is 46.0. The maximum Gasteiger partial charge on any atom is 0.358 e. The molecule has 0 fully saturated rings. The van der Waals surface area contributed by atoms with Crippen molar-refractivity contribution in [3.63, 3.8) is 0 Å². The second-order valence-corrected chi connectivity index (χ2v) is 12.7. The number of aryl methyl sites for hydroxylation is 8. The van der Waals surface area contributed by atoms with Gasteiger partial charge in [0.1, 0.15) is 23.0 Å². The van der Waals surface area contributed by atoms with E-state index < -0.39 is 11.9 Å². The molecule has 58 heavy (non-hydrogen) atoms. The van der Waals surface area contributed by atoms with Gasteiger partial charge in [0.25, 0.3) is 0 Å². The van der Waals surface area contributed by atoms with Crippen LogP contribution in [0.3, 0.4) is 0 Å². The van der Waals surface area contributed by atoms with Crippen LogP contribution < -0.4 is 9.47 Å². The minimum Gasteiger partial charge on any atom is -0.493 e. The Morgan fingerprint density at radius 3 is 1.14 bits per heavy atom. The zero-order valence-corrected chi connectivity index (χ0v) is 33.9. The number of hydrogen-bond acceptors (Lipinski definition) is 16. The predicted molar refractivity (Wildman–Crippen MR) is 208 cm³/mol. The van der Waals surface area contributed by atoms with Crippen LogP contribution in [-0.4, -0.2) is 89.4 Å². The van der Waals surface area contributed by atoms with Gasteiger partial charge in [0.05, 0.1) is 13.2 Å². The molecule has 312 valence electrons. The molecule has 0 aliphatic heterocycles. The topological polar surface area (TPSA) is 263 Å². The SMILES string of the molecule is CCO.CCO.Cc1nc(-c2cc(C)c(OCCCc3cc(C(=O)O)no3)c(C)c2)no1.Cc1nc(-c2cc(C)c(OCCCc3cc(C(=O)O)no3)c(C)c2)no1. The molecular formula is C40H50N6O12. The molecule has 0 radical (unpaired) electrons. The molecule has 2 aromatic carbocycles. The third-order valence-corrected chi connectivity index (χ3v) is 7.68. The minimum absolute atomic E-state index is 0.0834. The summed E-state index contributed by atoms with van der Waals surface area (Å²) in [4.78, 5) is 30.0. The van der Waals surface area contributed by atoms with Crippen molar-refractivity contribution in [3.8, 4) is 34.3 Å². The number of aromatic nitrogens is 6. The van der Waals surface area contributed by atoms with Crippen LogP contribution in [0.1, 0.15) is 93.2 Å². The van der Waals surface area contributed by atoms with Gasteiger partial charge in [-0.3, -0.25) is 0 Å². The summed E-state index contributed by atoms with van der Waals surface area (Å²) >= 11 is 0. The molecule has 6 aromatic rings. The number of carboxylic acids is 2. The summed E-state index contributed by atoms with van der Waals surface area (Å²) in [6.07, 6.45) is 2.47. The average molecular weight is 807 g/mol. The maximum absolute atomic E-state index is 10.8. The highest BCUT2D eigenvalue weighted by Gasteiger charge is 2.15. The van der Waals surface area contributed by atoms with Crippen molar-refractivity contribution in [1.82, 2.24) is 30.6 Å². The zero-order chi connectivity index (χ0) is 42.8. The normalized spacial score (nSPS) is 10.4. The van der Waals surface area contributed by atoms with Gasteiger partial charge in [-0.05, 0) is 101 Å². The highest BCUT2D eigenvalue weighted by molar-refractivity contribution is 5.85. The fraction of sp³-hybridized carbons (Fsp3) is 0.400. The van der Waals surface area contributed by atoms with Gasteiger partial charge < -0.3 is 48.0 Å². The highest BCUT2D eigenvalue weighted by Crippen LogP contribution is 2.30. The van der Waals surface area contributed by atoms with Crippen LogP contribution in [0, 0.1) is 41.5 Å². The molecule has 4 heterocycles. The summed E-state index contributed by atoms with van der Waals surface area (Å²) in [5, 5.41) is 47.6. The van der Waals surface area contributed by atoms with Crippen LogP contribution >= 0.6 is 0 Å². The summed E-state index contributed by atoms with van der Waals surface area (Å²) in [6, 6.07) is 10.7. The Hall–Kier alpha value is -6.40. The van der Waals surface area contributed by atoms with Gasteiger partial charge in [0.15, 0.2) is 11.4 Å². The lowest BCUT2D eigenvalue weighted by Crippen LogP contribution is -2.02. The van der Waals surface area contributed by atoms with Crippen molar-refractivity contribution in [2.24, 2.45) is 0 Å². The summed E-state index contributed by atoms with van der Waals surface area (Å²) in [7, 11) is 0. The first-order chi connectivity index (χ1) is 27.7. The van der Waals surface area contributed by atoms with Gasteiger partial charge in [0.2, 0.25) is 23.4 Å². The first-order valence-corrected chi connectivity index (χ1v) is 18.4. The number of aliphatic hydroxyl groups excluding tert-OH is 2. The van der Waals surface area contributed by atoms with E-state index >= 15 is 0 Å². The summed E-state index contributed by atoms with van der Waals surface area (Å²) in [5.74, 6) is 2.65. The molecule has 6 rings (SSSR count). The Balaban J connectivity index is 0.000000273. The molecule has 0 spiro atoms. The van der Waals surface area contributed by atoms with E-state index in [1.54, 1.807) is 27.7 Å². The molecule has 0 aliphatic rings. The molecule has 4 aromatic heterocycles. The number of ether oxygens (including phenoxy) is 2. The van der Waals surface area contributed by atoms with Crippen molar-refractivity contribution < 1.29 is 57.6 Å². The lowest BCUT2D eigenvalue weighted by atomic mass is 10.1. The molecule has 0 atom stereocenters.